The van der Waals surface area contributed by atoms with Gasteiger partial charge in [0.15, 0.2) is 0 Å². The van der Waals surface area contributed by atoms with Crippen molar-refractivity contribution in [3.8, 4) is 0 Å². The molecule has 0 spiro atoms. The van der Waals surface area contributed by atoms with Crippen molar-refractivity contribution in [2.24, 2.45) is 0 Å². The van der Waals surface area contributed by atoms with Gasteiger partial charge in [0, 0.05) is 11.4 Å². The van der Waals surface area contributed by atoms with Gasteiger partial charge in [0.1, 0.15) is 0 Å². The van der Waals surface area contributed by atoms with Crippen LogP contribution in [0.2, 0.25) is 0 Å². The SMILES string of the molecule is C=C(CC)c1ccccc1N.CC.CC/C(C)=C/c1ccccc1N. The minimum absolute atomic E-state index is 0.819. The average Bonchev–Trinajstić information content (AvgIpc) is 2.65. The van der Waals surface area contributed by atoms with Gasteiger partial charge in [-0.25, -0.2) is 0 Å². The van der Waals surface area contributed by atoms with E-state index in [-0.39, 0.29) is 0 Å². The first-order chi connectivity index (χ1) is 12.0. The standard InChI is InChI=1S/C11H15N.C10H13N.C2H6/c1-3-9(2)8-10-6-4-5-7-11(10)12;1-3-8(2)9-6-4-5-7-10(9)11;1-2/h4-8H,3,12H2,1-2H3;4-7H,2-3,11H2,1H3;1-2H3/b9-8+;;. The summed E-state index contributed by atoms with van der Waals surface area (Å²) in [6.45, 7) is 14.3. The maximum absolute atomic E-state index is 5.78. The summed E-state index contributed by atoms with van der Waals surface area (Å²) in [5, 5.41) is 0. The summed E-state index contributed by atoms with van der Waals surface area (Å²) >= 11 is 0. The highest BCUT2D eigenvalue weighted by Gasteiger charge is 1.98. The van der Waals surface area contributed by atoms with Crippen LogP contribution in [-0.2, 0) is 0 Å². The molecule has 0 aliphatic rings. The van der Waals surface area contributed by atoms with Crippen LogP contribution in [-0.4, -0.2) is 0 Å². The lowest BCUT2D eigenvalue weighted by atomic mass is 10.0. The molecule has 0 amide bonds. The van der Waals surface area contributed by atoms with Gasteiger partial charge in [-0.1, -0.05) is 82.3 Å². The molecule has 0 aromatic heterocycles. The lowest BCUT2D eigenvalue weighted by molar-refractivity contribution is 1.11. The van der Waals surface area contributed by atoms with E-state index in [4.69, 9.17) is 11.5 Å². The molecule has 2 rings (SSSR count). The fraction of sp³-hybridized carbons (Fsp3) is 0.304. The molecule has 0 fully saturated rings. The zero-order valence-corrected chi connectivity index (χ0v) is 16.5. The molecule has 0 atom stereocenters. The Hall–Kier alpha value is -2.48. The van der Waals surface area contributed by atoms with Crippen LogP contribution in [0.3, 0.4) is 0 Å². The molecule has 2 aromatic carbocycles. The summed E-state index contributed by atoms with van der Waals surface area (Å²) < 4.78 is 0. The minimum atomic E-state index is 0.819. The summed E-state index contributed by atoms with van der Waals surface area (Å²) in [6.07, 6.45) is 4.16. The second-order valence-corrected chi connectivity index (χ2v) is 5.52. The number of nitrogens with two attached hydrogens (primary N) is 2. The first-order valence-electron chi connectivity index (χ1n) is 9.03. The Morgan fingerprint density at radius 1 is 0.880 bits per heavy atom. The van der Waals surface area contributed by atoms with Crippen molar-refractivity contribution in [1.82, 2.24) is 0 Å². The Morgan fingerprint density at radius 3 is 1.88 bits per heavy atom. The van der Waals surface area contributed by atoms with Crippen molar-refractivity contribution in [2.75, 3.05) is 11.5 Å². The molecule has 0 aliphatic heterocycles. The summed E-state index contributed by atoms with van der Waals surface area (Å²) in [7, 11) is 0. The molecule has 0 aliphatic carbocycles. The van der Waals surface area contributed by atoms with Gasteiger partial charge in [0.2, 0.25) is 0 Å². The van der Waals surface area contributed by atoms with Crippen molar-refractivity contribution in [2.45, 2.75) is 47.5 Å². The van der Waals surface area contributed by atoms with E-state index in [1.165, 1.54) is 5.57 Å². The molecule has 2 aromatic rings. The summed E-state index contributed by atoms with van der Waals surface area (Å²) in [6, 6.07) is 15.7. The number of nitrogen functional groups attached to an aromatic ring is 2. The molecule has 25 heavy (non-hydrogen) atoms. The molecule has 0 heterocycles. The Labute approximate surface area is 154 Å². The van der Waals surface area contributed by atoms with Crippen LogP contribution in [0.25, 0.3) is 11.6 Å². The number of anilines is 2. The third kappa shape index (κ3) is 8.25. The number of hydrogen-bond donors (Lipinski definition) is 2. The number of benzene rings is 2. The first-order valence-corrected chi connectivity index (χ1v) is 9.03. The number of para-hydroxylation sites is 2. The molecule has 2 nitrogen and oxygen atoms in total. The van der Waals surface area contributed by atoms with E-state index in [0.29, 0.717) is 0 Å². The monoisotopic (exact) mass is 338 g/mol. The van der Waals surface area contributed by atoms with E-state index in [9.17, 15) is 0 Å². The summed E-state index contributed by atoms with van der Waals surface area (Å²) in [5.41, 5.74) is 17.8. The van der Waals surface area contributed by atoms with Crippen molar-refractivity contribution >= 4 is 23.0 Å². The Morgan fingerprint density at radius 2 is 1.40 bits per heavy atom. The van der Waals surface area contributed by atoms with Gasteiger partial charge < -0.3 is 11.5 Å². The van der Waals surface area contributed by atoms with Gasteiger partial charge in [0.05, 0.1) is 0 Å². The van der Waals surface area contributed by atoms with Crippen LogP contribution in [0.4, 0.5) is 11.4 Å². The van der Waals surface area contributed by atoms with Crippen LogP contribution in [0, 0.1) is 0 Å². The van der Waals surface area contributed by atoms with Crippen LogP contribution >= 0.6 is 0 Å². The van der Waals surface area contributed by atoms with E-state index in [1.807, 2.05) is 62.4 Å². The van der Waals surface area contributed by atoms with Gasteiger partial charge >= 0.3 is 0 Å². The van der Waals surface area contributed by atoms with Crippen LogP contribution in [0.1, 0.15) is 58.6 Å². The van der Waals surface area contributed by atoms with Gasteiger partial charge in [-0.2, -0.15) is 0 Å². The highest BCUT2D eigenvalue weighted by Crippen LogP contribution is 2.21. The smallest absolute Gasteiger partial charge is 0.0390 e. The second kappa shape index (κ2) is 12.9. The van der Waals surface area contributed by atoms with Crippen LogP contribution in [0.5, 0.6) is 0 Å². The summed E-state index contributed by atoms with van der Waals surface area (Å²) in [4.78, 5) is 0. The Kier molecular flexibility index (Phi) is 11.6. The van der Waals surface area contributed by atoms with Crippen molar-refractivity contribution < 1.29 is 0 Å². The maximum atomic E-state index is 5.78. The largest absolute Gasteiger partial charge is 0.398 e. The highest BCUT2D eigenvalue weighted by molar-refractivity contribution is 5.73. The number of allylic oxidation sites excluding steroid dienone is 2. The molecule has 0 radical (unpaired) electrons. The fourth-order valence-electron chi connectivity index (χ4n) is 2.02. The maximum Gasteiger partial charge on any atom is 0.0390 e. The second-order valence-electron chi connectivity index (χ2n) is 5.52. The third-order valence-electron chi connectivity index (χ3n) is 3.72. The van der Waals surface area contributed by atoms with Gasteiger partial charge in [-0.05, 0) is 48.6 Å². The molecular weight excluding hydrogens is 304 g/mol. The van der Waals surface area contributed by atoms with Crippen molar-refractivity contribution in [3.05, 3.63) is 71.8 Å². The topological polar surface area (TPSA) is 52.0 Å². The average molecular weight is 339 g/mol. The molecule has 136 valence electrons. The first kappa shape index (κ1) is 22.5. The Bertz CT molecular complexity index is 669. The molecule has 0 bridgehead atoms. The van der Waals surface area contributed by atoms with Gasteiger partial charge in [-0.15, -0.1) is 0 Å². The molecule has 0 unspecified atom stereocenters. The van der Waals surface area contributed by atoms with E-state index in [1.54, 1.807) is 0 Å². The third-order valence-corrected chi connectivity index (χ3v) is 3.72. The van der Waals surface area contributed by atoms with Crippen molar-refractivity contribution in [1.29, 1.82) is 0 Å². The van der Waals surface area contributed by atoms with Gasteiger partial charge in [0.25, 0.3) is 0 Å². The predicted octanol–water partition coefficient (Wildman–Crippen LogP) is 6.80. The van der Waals surface area contributed by atoms with E-state index < -0.39 is 0 Å². The van der Waals surface area contributed by atoms with Crippen LogP contribution in [0.15, 0.2) is 60.7 Å². The van der Waals surface area contributed by atoms with Gasteiger partial charge in [-0.3, -0.25) is 0 Å². The fourth-order valence-corrected chi connectivity index (χ4v) is 2.02. The van der Waals surface area contributed by atoms with E-state index in [0.717, 1.165) is 40.9 Å². The molecular formula is C23H34N2. The molecule has 0 saturated carbocycles. The molecule has 4 N–H and O–H groups in total. The summed E-state index contributed by atoms with van der Waals surface area (Å²) in [5.74, 6) is 0. The quantitative estimate of drug-likeness (QED) is 0.602. The number of rotatable bonds is 4. The normalized spacial score (nSPS) is 10.0. The van der Waals surface area contributed by atoms with Crippen LogP contribution < -0.4 is 11.5 Å². The van der Waals surface area contributed by atoms with Crippen molar-refractivity contribution in [3.63, 3.8) is 0 Å². The minimum Gasteiger partial charge on any atom is -0.398 e. The molecule has 2 heteroatoms. The zero-order valence-electron chi connectivity index (χ0n) is 16.5. The van der Waals surface area contributed by atoms with E-state index in [2.05, 4.69) is 33.4 Å². The Balaban J connectivity index is 0.000000421. The predicted molar refractivity (Wildman–Crippen MR) is 116 cm³/mol. The lowest BCUT2D eigenvalue weighted by Gasteiger charge is -2.05. The van der Waals surface area contributed by atoms with E-state index >= 15 is 0 Å². The molecule has 0 saturated heterocycles. The lowest BCUT2D eigenvalue weighted by Crippen LogP contribution is -1.91. The highest BCUT2D eigenvalue weighted by atomic mass is 14.6. The zero-order chi connectivity index (χ0) is 19.2. The number of hydrogen-bond acceptors (Lipinski definition) is 2.